The fourth-order valence-corrected chi connectivity index (χ4v) is 3.88. The first-order valence-electron chi connectivity index (χ1n) is 7.82. The van der Waals surface area contributed by atoms with Crippen molar-refractivity contribution in [2.24, 2.45) is 4.99 Å². The van der Waals surface area contributed by atoms with Gasteiger partial charge in [0.05, 0.1) is 24.8 Å². The van der Waals surface area contributed by atoms with Crippen molar-refractivity contribution in [3.8, 4) is 0 Å². The molecule has 26 heavy (non-hydrogen) atoms. The zero-order valence-corrected chi connectivity index (χ0v) is 16.7. The van der Waals surface area contributed by atoms with Crippen LogP contribution in [0.3, 0.4) is 0 Å². The molecule has 0 amide bonds. The van der Waals surface area contributed by atoms with Gasteiger partial charge < -0.3 is 10.1 Å². The van der Waals surface area contributed by atoms with Gasteiger partial charge in [0.2, 0.25) is 0 Å². The second kappa shape index (κ2) is 8.10. The lowest BCUT2D eigenvalue weighted by molar-refractivity contribution is -0.138. The summed E-state index contributed by atoms with van der Waals surface area (Å²) in [7, 11) is 0. The van der Waals surface area contributed by atoms with Crippen molar-refractivity contribution < 1.29 is 17.9 Å². The molecule has 0 spiro atoms. The van der Waals surface area contributed by atoms with Gasteiger partial charge in [0, 0.05) is 8.95 Å². The summed E-state index contributed by atoms with van der Waals surface area (Å²) in [6, 6.07) is 10.7. The molecule has 8 heteroatoms. The topological polar surface area (TPSA) is 33.6 Å². The summed E-state index contributed by atoms with van der Waals surface area (Å²) in [5.74, 6) is 0.535. The number of aliphatic imine (C=N–C) groups is 1. The first-order valence-corrected chi connectivity index (χ1v) is 9.41. The number of alkyl halides is 3. The fourth-order valence-electron chi connectivity index (χ4n) is 2.71. The van der Waals surface area contributed by atoms with Crippen molar-refractivity contribution in [1.82, 2.24) is 5.32 Å². The minimum atomic E-state index is -4.41. The molecule has 0 radical (unpaired) electrons. The van der Waals surface area contributed by atoms with Crippen LogP contribution in [0, 0.1) is 0 Å². The summed E-state index contributed by atoms with van der Waals surface area (Å²) in [6.07, 6.45) is -4.41. The number of benzene rings is 2. The molecule has 0 aliphatic carbocycles. The quantitative estimate of drug-likeness (QED) is 0.615. The normalized spacial score (nSPS) is 19.4. The summed E-state index contributed by atoms with van der Waals surface area (Å²) < 4.78 is 47.0. The van der Waals surface area contributed by atoms with Crippen LogP contribution in [0.15, 0.2) is 56.4 Å². The maximum absolute atomic E-state index is 13.2. The Morgan fingerprint density at radius 3 is 2.65 bits per heavy atom. The number of halogens is 5. The molecule has 1 saturated heterocycles. The molecule has 2 aromatic carbocycles. The summed E-state index contributed by atoms with van der Waals surface area (Å²) >= 11 is 6.87. The van der Waals surface area contributed by atoms with E-state index in [2.05, 4.69) is 42.2 Å². The smallest absolute Gasteiger partial charge is 0.371 e. The summed E-state index contributed by atoms with van der Waals surface area (Å²) in [4.78, 5) is 4.47. The summed E-state index contributed by atoms with van der Waals surface area (Å²) in [5, 5.41) is 3.08. The van der Waals surface area contributed by atoms with Crippen LogP contribution < -0.4 is 5.32 Å². The molecular formula is C18H15Br2F3N2O. The lowest BCUT2D eigenvalue weighted by Gasteiger charge is -2.28. The van der Waals surface area contributed by atoms with Gasteiger partial charge in [-0.15, -0.1) is 0 Å². The number of ether oxygens (including phenoxy) is 1. The number of hydrogen-bond donors (Lipinski definition) is 1. The van der Waals surface area contributed by atoms with E-state index in [9.17, 15) is 13.2 Å². The molecule has 1 fully saturated rings. The van der Waals surface area contributed by atoms with E-state index in [-0.39, 0.29) is 18.8 Å². The highest BCUT2D eigenvalue weighted by Crippen LogP contribution is 2.35. The highest BCUT2D eigenvalue weighted by molar-refractivity contribution is 9.11. The van der Waals surface area contributed by atoms with Crippen molar-refractivity contribution in [2.45, 2.75) is 18.8 Å². The third-order valence-corrected chi connectivity index (χ3v) is 5.19. The Labute approximate surface area is 165 Å². The Balaban J connectivity index is 1.78. The van der Waals surface area contributed by atoms with E-state index < -0.39 is 17.8 Å². The van der Waals surface area contributed by atoms with Crippen LogP contribution in [0.5, 0.6) is 0 Å². The third-order valence-electron chi connectivity index (χ3n) is 3.96. The molecule has 1 heterocycles. The van der Waals surface area contributed by atoms with Gasteiger partial charge in [-0.3, -0.25) is 4.99 Å². The highest BCUT2D eigenvalue weighted by atomic mass is 79.9. The van der Waals surface area contributed by atoms with E-state index in [4.69, 9.17) is 4.74 Å². The molecule has 138 valence electrons. The van der Waals surface area contributed by atoms with Crippen LogP contribution in [0.2, 0.25) is 0 Å². The molecule has 1 N–H and O–H groups in total. The van der Waals surface area contributed by atoms with Gasteiger partial charge in [0.25, 0.3) is 0 Å². The monoisotopic (exact) mass is 490 g/mol. The van der Waals surface area contributed by atoms with E-state index in [0.717, 1.165) is 20.6 Å². The van der Waals surface area contributed by atoms with Gasteiger partial charge in [0.15, 0.2) is 0 Å². The molecule has 3 nitrogen and oxygen atoms in total. The van der Waals surface area contributed by atoms with Gasteiger partial charge in [0.1, 0.15) is 12.4 Å². The second-order valence-corrected chi connectivity index (χ2v) is 7.57. The average molecular weight is 492 g/mol. The Morgan fingerprint density at radius 1 is 1.15 bits per heavy atom. The lowest BCUT2D eigenvalue weighted by atomic mass is 9.99. The van der Waals surface area contributed by atoms with E-state index in [1.54, 1.807) is 6.07 Å². The van der Waals surface area contributed by atoms with Crippen LogP contribution in [-0.4, -0.2) is 19.0 Å². The minimum absolute atomic E-state index is 0.161. The van der Waals surface area contributed by atoms with Crippen LogP contribution in [0.25, 0.3) is 0 Å². The van der Waals surface area contributed by atoms with Crippen molar-refractivity contribution in [3.05, 3.63) is 68.1 Å². The molecule has 1 unspecified atom stereocenters. The van der Waals surface area contributed by atoms with Crippen molar-refractivity contribution in [1.29, 1.82) is 0 Å². The molecule has 1 aliphatic rings. The van der Waals surface area contributed by atoms with Gasteiger partial charge in [-0.1, -0.05) is 56.1 Å². The van der Waals surface area contributed by atoms with Crippen LogP contribution in [-0.2, 0) is 17.5 Å². The number of morpholine rings is 1. The van der Waals surface area contributed by atoms with Crippen molar-refractivity contribution in [2.75, 3.05) is 13.2 Å². The van der Waals surface area contributed by atoms with E-state index in [1.165, 1.54) is 12.1 Å². The summed E-state index contributed by atoms with van der Waals surface area (Å²) in [5.41, 5.74) is 0.482. The van der Waals surface area contributed by atoms with E-state index >= 15 is 0 Å². The number of rotatable bonds is 3. The van der Waals surface area contributed by atoms with Gasteiger partial charge in [-0.2, -0.15) is 13.2 Å². The fraction of sp³-hybridized carbons (Fsp3) is 0.278. The third kappa shape index (κ3) is 4.66. The number of hydrogen-bond acceptors (Lipinski definition) is 2. The molecule has 2 aromatic rings. The van der Waals surface area contributed by atoms with Crippen LogP contribution in [0.1, 0.15) is 22.7 Å². The number of nitrogens with one attached hydrogen (secondary N) is 1. The SMILES string of the molecule is FC(F)(F)c1ccccc1C1COCC(=NCc2ccc(Br)cc2Br)N1. The molecule has 0 bridgehead atoms. The standard InChI is InChI=1S/C18H15Br2F3N2O/c19-12-6-5-11(15(20)7-12)8-24-17-10-26-9-16(25-17)13-3-1-2-4-14(13)18(21,22)23/h1-7,16H,8-10H2,(H,24,25). The molecular weight excluding hydrogens is 477 g/mol. The van der Waals surface area contributed by atoms with E-state index in [1.807, 2.05) is 18.2 Å². The van der Waals surface area contributed by atoms with Gasteiger partial charge in [-0.25, -0.2) is 0 Å². The van der Waals surface area contributed by atoms with Crippen molar-refractivity contribution in [3.63, 3.8) is 0 Å². The number of amidine groups is 1. The van der Waals surface area contributed by atoms with Gasteiger partial charge >= 0.3 is 6.18 Å². The van der Waals surface area contributed by atoms with Crippen LogP contribution in [0.4, 0.5) is 13.2 Å². The van der Waals surface area contributed by atoms with E-state index in [0.29, 0.717) is 12.4 Å². The predicted octanol–water partition coefficient (Wildman–Crippen LogP) is 5.49. The second-order valence-electron chi connectivity index (χ2n) is 5.80. The Hall–Kier alpha value is -1.38. The summed E-state index contributed by atoms with van der Waals surface area (Å²) in [6.45, 7) is 0.806. The maximum Gasteiger partial charge on any atom is 0.416 e. The van der Waals surface area contributed by atoms with Crippen molar-refractivity contribution >= 4 is 37.7 Å². The molecule has 1 aliphatic heterocycles. The lowest BCUT2D eigenvalue weighted by Crippen LogP contribution is -2.40. The Kier molecular flexibility index (Phi) is 6.04. The van der Waals surface area contributed by atoms with Crippen LogP contribution >= 0.6 is 31.9 Å². The highest BCUT2D eigenvalue weighted by Gasteiger charge is 2.35. The predicted molar refractivity (Wildman–Crippen MR) is 101 cm³/mol. The Bertz CT molecular complexity index is 824. The molecule has 3 rings (SSSR count). The first kappa shape index (κ1) is 19.4. The number of nitrogens with zero attached hydrogens (tertiary/aromatic N) is 1. The minimum Gasteiger partial charge on any atom is -0.371 e. The molecule has 1 atom stereocenters. The van der Waals surface area contributed by atoms with Gasteiger partial charge in [-0.05, 0) is 29.3 Å². The first-order chi connectivity index (χ1) is 12.3. The average Bonchev–Trinajstić information content (AvgIpc) is 2.60. The molecule has 0 saturated carbocycles. The zero-order valence-electron chi connectivity index (χ0n) is 13.5. The maximum atomic E-state index is 13.2. The Morgan fingerprint density at radius 2 is 1.92 bits per heavy atom. The molecule has 0 aromatic heterocycles. The zero-order chi connectivity index (χ0) is 18.7. The largest absolute Gasteiger partial charge is 0.416 e.